The van der Waals surface area contributed by atoms with E-state index >= 15 is 0 Å². The van der Waals surface area contributed by atoms with Gasteiger partial charge in [0.2, 0.25) is 5.34 Å². The predicted molar refractivity (Wildman–Crippen MR) is 189 cm³/mol. The molecule has 2 aliphatic rings. The van der Waals surface area contributed by atoms with Gasteiger partial charge in [-0.25, -0.2) is 0 Å². The van der Waals surface area contributed by atoms with E-state index < -0.39 is 15.8 Å². The molecule has 0 radical (unpaired) electrons. The van der Waals surface area contributed by atoms with Crippen molar-refractivity contribution < 1.29 is 44.6 Å². The maximum atomic E-state index is 4.81. The summed E-state index contributed by atoms with van der Waals surface area (Å²) in [5, 5.41) is 6.64. The van der Waals surface area contributed by atoms with Crippen molar-refractivity contribution in [3.05, 3.63) is 121 Å². The molecule has 4 aromatic carbocycles. The zero-order valence-electron chi connectivity index (χ0n) is 24.3. The van der Waals surface area contributed by atoms with Gasteiger partial charge in [0.25, 0.3) is 0 Å². The Bertz CT molecular complexity index is 1020. The normalized spacial score (nSPS) is 14.6. The van der Waals surface area contributed by atoms with Crippen molar-refractivity contribution in [2.75, 3.05) is 5.34 Å². The van der Waals surface area contributed by atoms with Crippen LogP contribution in [0.3, 0.4) is 0 Å². The molecule has 2 saturated carbocycles. The van der Waals surface area contributed by atoms with Crippen LogP contribution in [0.4, 0.5) is 0 Å². The number of benzene rings is 4. The Balaban J connectivity index is 0.000000249. The van der Waals surface area contributed by atoms with E-state index in [4.69, 9.17) is 30.7 Å². The van der Waals surface area contributed by atoms with Crippen LogP contribution in [0.2, 0.25) is 0 Å². The Hall–Kier alpha value is 0.0818. The van der Waals surface area contributed by atoms with E-state index in [2.05, 4.69) is 133 Å². The fraction of sp³-hybridized carbons (Fsp3) is 0.314. The van der Waals surface area contributed by atoms with Gasteiger partial charge in [0.15, 0.2) is 0 Å². The summed E-state index contributed by atoms with van der Waals surface area (Å²) in [6, 6.07) is 44.7. The summed E-state index contributed by atoms with van der Waals surface area (Å²) >= 11 is 8.87. The second-order valence-electron chi connectivity index (χ2n) is 10.4. The van der Waals surface area contributed by atoms with Gasteiger partial charge < -0.3 is 0 Å². The largest absolute Gasteiger partial charge is 0.0969 e. The molecule has 0 bridgehead atoms. The summed E-state index contributed by atoms with van der Waals surface area (Å²) < 4.78 is 0. The third-order valence-corrected chi connectivity index (χ3v) is 14.5. The molecule has 0 atom stereocenters. The van der Waals surface area contributed by atoms with Gasteiger partial charge >= 0.3 is 35.0 Å². The van der Waals surface area contributed by atoms with Gasteiger partial charge in [0, 0.05) is 17.1 Å². The maximum absolute atomic E-state index is 4.81. The quantitative estimate of drug-likeness (QED) is 0.103. The minimum atomic E-state index is -0.577. The molecule has 6 rings (SSSR count). The minimum absolute atomic E-state index is 0. The van der Waals surface area contributed by atoms with Gasteiger partial charge in [-0.1, -0.05) is 84.4 Å². The van der Waals surface area contributed by atoms with Gasteiger partial charge in [-0.3, -0.25) is 0 Å². The SMILES string of the molecule is ClC[ClH+].[Cl][Pd][Cl].[Fe].c1ccc([PH+](c2ccccc2)C2CCCC2)cc1.c1ccc([PH+](c2ccccc2)C2CCCC2)cc1. The number of hydrogen-bond acceptors (Lipinski definition) is 0. The summed E-state index contributed by atoms with van der Waals surface area (Å²) in [4.78, 5) is 0. The Labute approximate surface area is 299 Å². The van der Waals surface area contributed by atoms with Crippen molar-refractivity contribution in [2.24, 2.45) is 0 Å². The Morgan fingerprint density at radius 1 is 0.512 bits per heavy atom. The first kappa shape index (κ1) is 39.3. The molecule has 4 aromatic rings. The van der Waals surface area contributed by atoms with Gasteiger partial charge in [0.1, 0.15) is 11.6 Å². The van der Waals surface area contributed by atoms with Crippen LogP contribution in [0, 0.1) is 11.6 Å². The minimum Gasteiger partial charge on any atom is -0.0620 e. The van der Waals surface area contributed by atoms with E-state index in [1.807, 2.05) is 0 Å². The molecular weight excluding hydrogens is 786 g/mol. The molecule has 0 saturated heterocycles. The van der Waals surface area contributed by atoms with Crippen LogP contribution in [-0.2, 0) is 33.0 Å². The van der Waals surface area contributed by atoms with Crippen LogP contribution in [0.25, 0.3) is 0 Å². The van der Waals surface area contributed by atoms with E-state index in [1.54, 1.807) is 21.2 Å². The Morgan fingerprint density at radius 3 is 0.884 bits per heavy atom. The standard InChI is InChI=1S/2C17H19P.CH3Cl2.2ClH.Fe.Pd/c2*1-3-9-15(10-4-1)18(17-13-7-8-14-17)16-11-5-2-6-12-16;2-1-3;;;;/h2*1-6,9-12,17H,7-8,13-14H2;2H,1H2;2*1H;;/q;;+1;;;;+2. The molecule has 0 N–H and O–H groups in total. The van der Waals surface area contributed by atoms with E-state index in [1.165, 1.54) is 51.4 Å². The van der Waals surface area contributed by atoms with E-state index in [0.717, 1.165) is 11.3 Å². The molecule has 8 heteroatoms. The second kappa shape index (κ2) is 24.3. The molecule has 0 spiro atoms. The van der Waals surface area contributed by atoms with Gasteiger partial charge in [-0.15, -0.1) is 0 Å². The third-order valence-electron chi connectivity index (χ3n) is 7.87. The summed E-state index contributed by atoms with van der Waals surface area (Å²) in [6.45, 7) is 0. The molecule has 0 aromatic heterocycles. The molecule has 2 aliphatic carbocycles. The third kappa shape index (κ3) is 13.8. The monoisotopic (exact) mass is 827 g/mol. The van der Waals surface area contributed by atoms with Crippen LogP contribution < -0.4 is 21.2 Å². The summed E-state index contributed by atoms with van der Waals surface area (Å²) in [6.07, 6.45) is 11.4. The first-order valence-electron chi connectivity index (χ1n) is 14.6. The van der Waals surface area contributed by atoms with Gasteiger partial charge in [-0.2, -0.15) is 0 Å². The van der Waals surface area contributed by atoms with Crippen molar-refractivity contribution in [3.8, 4) is 0 Å². The van der Waals surface area contributed by atoms with Crippen molar-refractivity contribution in [1.82, 2.24) is 0 Å². The number of hydrogen-bond donors (Lipinski definition) is 0. The average molecular weight is 830 g/mol. The van der Waals surface area contributed by atoms with Crippen LogP contribution in [0.5, 0.6) is 0 Å². The number of alkyl halides is 2. The zero-order chi connectivity index (χ0) is 29.8. The van der Waals surface area contributed by atoms with Crippen LogP contribution in [0.1, 0.15) is 51.4 Å². The van der Waals surface area contributed by atoms with Gasteiger partial charge in [0.05, 0.1) is 48.4 Å². The summed E-state index contributed by atoms with van der Waals surface area (Å²) in [5.74, 6) is 0. The van der Waals surface area contributed by atoms with E-state index in [0.29, 0.717) is 5.34 Å². The van der Waals surface area contributed by atoms with Gasteiger partial charge in [-0.05, 0) is 99.9 Å². The molecule has 0 unspecified atom stereocenters. The summed E-state index contributed by atoms with van der Waals surface area (Å²) in [5.41, 5.74) is 1.86. The van der Waals surface area contributed by atoms with Crippen molar-refractivity contribution in [2.45, 2.75) is 62.7 Å². The number of halogens is 4. The predicted octanol–water partition coefficient (Wildman–Crippen LogP) is 9.43. The molecule has 2 fully saturated rings. The molecule has 0 amide bonds. The summed E-state index contributed by atoms with van der Waals surface area (Å²) in [7, 11) is 8.47. The molecule has 0 nitrogen and oxygen atoms in total. The Kier molecular flexibility index (Phi) is 22.2. The topological polar surface area (TPSA) is 0 Å². The molecule has 0 heterocycles. The molecule has 43 heavy (non-hydrogen) atoms. The Morgan fingerprint density at radius 2 is 0.698 bits per heavy atom. The fourth-order valence-corrected chi connectivity index (χ4v) is 12.9. The van der Waals surface area contributed by atoms with Crippen molar-refractivity contribution in [1.29, 1.82) is 0 Å². The molecular formula is C35H43Cl4FeP2Pd+3. The fourth-order valence-electron chi connectivity index (χ4n) is 6.18. The molecule has 236 valence electrons. The van der Waals surface area contributed by atoms with E-state index in [-0.39, 0.29) is 33.0 Å². The van der Waals surface area contributed by atoms with Crippen molar-refractivity contribution in [3.63, 3.8) is 0 Å². The second-order valence-corrected chi connectivity index (χ2v) is 19.2. The van der Waals surface area contributed by atoms with Crippen LogP contribution in [0.15, 0.2) is 121 Å². The van der Waals surface area contributed by atoms with Crippen LogP contribution in [-0.4, -0.2) is 16.7 Å². The smallest absolute Gasteiger partial charge is 0.0620 e. The number of rotatable bonds is 6. The maximum Gasteiger partial charge on any atom is 0.0969 e. The first-order chi connectivity index (χ1) is 20.7. The van der Waals surface area contributed by atoms with Crippen LogP contribution >= 0.6 is 46.5 Å². The first-order valence-corrected chi connectivity index (χ1v) is 22.9. The van der Waals surface area contributed by atoms with E-state index in [9.17, 15) is 0 Å². The zero-order valence-corrected chi connectivity index (χ0v) is 32.0. The molecule has 0 aliphatic heterocycles. The van der Waals surface area contributed by atoms with Crippen molar-refractivity contribution >= 4 is 67.7 Å². The average Bonchev–Trinajstić information content (AvgIpc) is 3.77.